The average molecular weight is 388 g/mol. The minimum atomic E-state index is -0.0536. The third-order valence-corrected chi connectivity index (χ3v) is 6.59. The van der Waals surface area contributed by atoms with Crippen molar-refractivity contribution in [2.24, 2.45) is 0 Å². The highest BCUT2D eigenvalue weighted by Gasteiger charge is 2.34. The van der Waals surface area contributed by atoms with Crippen LogP contribution >= 0.6 is 0 Å². The number of nitrogens with zero attached hydrogens (tertiary/aromatic N) is 1. The van der Waals surface area contributed by atoms with E-state index in [1.807, 2.05) is 6.07 Å². The highest BCUT2D eigenvalue weighted by Crippen LogP contribution is 2.34. The van der Waals surface area contributed by atoms with Gasteiger partial charge >= 0.3 is 6.03 Å². The van der Waals surface area contributed by atoms with Gasteiger partial charge in [0, 0.05) is 37.8 Å². The van der Waals surface area contributed by atoms with Crippen LogP contribution in [-0.2, 0) is 10.2 Å². The first-order valence-electron chi connectivity index (χ1n) is 11.0. The van der Waals surface area contributed by atoms with Crippen LogP contribution in [0.5, 0.6) is 0 Å². The lowest BCUT2D eigenvalue weighted by atomic mass is 9.74. The third-order valence-electron chi connectivity index (χ3n) is 6.59. The fourth-order valence-corrected chi connectivity index (χ4v) is 4.67. The fraction of sp³-hybridized carbons (Fsp3) is 0.696. The molecule has 2 fully saturated rings. The van der Waals surface area contributed by atoms with E-state index >= 15 is 0 Å². The van der Waals surface area contributed by atoms with Crippen molar-refractivity contribution in [2.75, 3.05) is 39.9 Å². The quantitative estimate of drug-likeness (QED) is 0.669. The van der Waals surface area contributed by atoms with E-state index < -0.39 is 0 Å². The highest BCUT2D eigenvalue weighted by atomic mass is 16.5. The lowest BCUT2D eigenvalue weighted by Crippen LogP contribution is -2.47. The molecule has 0 aromatic heterocycles. The second-order valence-electron chi connectivity index (χ2n) is 8.49. The van der Waals surface area contributed by atoms with E-state index in [1.54, 1.807) is 0 Å². The maximum absolute atomic E-state index is 12.3. The number of urea groups is 1. The molecule has 2 N–H and O–H groups in total. The van der Waals surface area contributed by atoms with Gasteiger partial charge in [0.1, 0.15) is 0 Å². The maximum Gasteiger partial charge on any atom is 0.314 e. The molecule has 5 heteroatoms. The van der Waals surface area contributed by atoms with Crippen LogP contribution in [0.4, 0.5) is 4.79 Å². The summed E-state index contributed by atoms with van der Waals surface area (Å²) in [6.07, 6.45) is 9.67. The third kappa shape index (κ3) is 5.95. The molecule has 2 aliphatic rings. The molecule has 28 heavy (non-hydrogen) atoms. The summed E-state index contributed by atoms with van der Waals surface area (Å²) in [7, 11) is 2.23. The van der Waals surface area contributed by atoms with Crippen molar-refractivity contribution in [1.29, 1.82) is 0 Å². The SMILES string of the molecule is CN(CCCNC(=O)NCC1(c2ccccc2)CCOCC1)C1CCCCC1. The van der Waals surface area contributed by atoms with Gasteiger partial charge in [0.05, 0.1) is 0 Å². The Hall–Kier alpha value is -1.59. The molecule has 0 radical (unpaired) electrons. The first-order valence-corrected chi connectivity index (χ1v) is 11.0. The Labute approximate surface area is 170 Å². The normalized spacial score (nSPS) is 20.1. The Morgan fingerprint density at radius 2 is 1.82 bits per heavy atom. The van der Waals surface area contributed by atoms with Crippen LogP contribution in [0.3, 0.4) is 0 Å². The highest BCUT2D eigenvalue weighted by molar-refractivity contribution is 5.73. The average Bonchev–Trinajstić information content (AvgIpc) is 2.77. The Morgan fingerprint density at radius 3 is 2.54 bits per heavy atom. The van der Waals surface area contributed by atoms with Gasteiger partial charge in [0.15, 0.2) is 0 Å². The number of ether oxygens (including phenoxy) is 1. The zero-order valence-corrected chi connectivity index (χ0v) is 17.4. The van der Waals surface area contributed by atoms with Gasteiger partial charge in [0.25, 0.3) is 0 Å². The van der Waals surface area contributed by atoms with Crippen LogP contribution in [-0.4, -0.2) is 56.9 Å². The van der Waals surface area contributed by atoms with Gasteiger partial charge in [-0.1, -0.05) is 49.6 Å². The van der Waals surface area contributed by atoms with Gasteiger partial charge in [-0.2, -0.15) is 0 Å². The van der Waals surface area contributed by atoms with Gasteiger partial charge in [-0.25, -0.2) is 4.79 Å². The van der Waals surface area contributed by atoms with Crippen LogP contribution in [0.1, 0.15) is 56.9 Å². The van der Waals surface area contributed by atoms with E-state index in [-0.39, 0.29) is 11.4 Å². The number of rotatable bonds is 8. The molecule has 2 amide bonds. The molecule has 0 spiro atoms. The van der Waals surface area contributed by atoms with Gasteiger partial charge in [-0.05, 0) is 51.3 Å². The Balaban J connectivity index is 1.39. The van der Waals surface area contributed by atoms with Crippen molar-refractivity contribution in [1.82, 2.24) is 15.5 Å². The Morgan fingerprint density at radius 1 is 1.11 bits per heavy atom. The molecule has 156 valence electrons. The zero-order chi connectivity index (χ0) is 19.7. The number of benzene rings is 1. The van der Waals surface area contributed by atoms with Crippen LogP contribution in [0, 0.1) is 0 Å². The summed E-state index contributed by atoms with van der Waals surface area (Å²) in [6, 6.07) is 11.2. The second-order valence-corrected chi connectivity index (χ2v) is 8.49. The molecule has 1 aromatic rings. The second kappa shape index (κ2) is 10.8. The van der Waals surface area contributed by atoms with E-state index in [9.17, 15) is 4.79 Å². The van der Waals surface area contributed by atoms with Crippen molar-refractivity contribution >= 4 is 6.03 Å². The molecule has 1 heterocycles. The Bertz CT molecular complexity index is 581. The number of hydrogen-bond acceptors (Lipinski definition) is 3. The first-order chi connectivity index (χ1) is 13.7. The summed E-state index contributed by atoms with van der Waals surface area (Å²) in [4.78, 5) is 14.8. The first kappa shape index (κ1) is 21.1. The van der Waals surface area contributed by atoms with Crippen molar-refractivity contribution in [3.05, 3.63) is 35.9 Å². The summed E-state index contributed by atoms with van der Waals surface area (Å²) in [5, 5.41) is 6.17. The number of carbonyl (C=O) groups is 1. The molecule has 0 atom stereocenters. The van der Waals surface area contributed by atoms with E-state index in [1.165, 1.54) is 37.7 Å². The van der Waals surface area contributed by atoms with Gasteiger partial charge in [0.2, 0.25) is 0 Å². The number of nitrogens with one attached hydrogen (secondary N) is 2. The summed E-state index contributed by atoms with van der Waals surface area (Å²) < 4.78 is 5.57. The molecule has 0 bridgehead atoms. The van der Waals surface area contributed by atoms with Gasteiger partial charge in [-0.3, -0.25) is 0 Å². The van der Waals surface area contributed by atoms with E-state index in [0.29, 0.717) is 6.54 Å². The molecule has 5 nitrogen and oxygen atoms in total. The van der Waals surface area contributed by atoms with Crippen molar-refractivity contribution < 1.29 is 9.53 Å². The van der Waals surface area contributed by atoms with E-state index in [2.05, 4.69) is 46.8 Å². The zero-order valence-electron chi connectivity index (χ0n) is 17.4. The maximum atomic E-state index is 12.3. The lowest BCUT2D eigenvalue weighted by Gasteiger charge is -2.38. The minimum absolute atomic E-state index is 0.0158. The monoisotopic (exact) mass is 387 g/mol. The molecular weight excluding hydrogens is 350 g/mol. The number of hydrogen-bond donors (Lipinski definition) is 2. The lowest BCUT2D eigenvalue weighted by molar-refractivity contribution is 0.0507. The van der Waals surface area contributed by atoms with Gasteiger partial charge < -0.3 is 20.3 Å². The van der Waals surface area contributed by atoms with Crippen LogP contribution < -0.4 is 10.6 Å². The minimum Gasteiger partial charge on any atom is -0.381 e. The summed E-state index contributed by atoms with van der Waals surface area (Å²) in [6.45, 7) is 3.95. The van der Waals surface area contributed by atoms with Crippen LogP contribution in [0.15, 0.2) is 30.3 Å². The van der Waals surface area contributed by atoms with Crippen LogP contribution in [0.2, 0.25) is 0 Å². The summed E-state index contributed by atoms with van der Waals surface area (Å²) in [5.41, 5.74) is 1.28. The molecule has 1 aromatic carbocycles. The Kier molecular flexibility index (Phi) is 8.16. The number of carbonyl (C=O) groups excluding carboxylic acids is 1. The summed E-state index contributed by atoms with van der Waals surface area (Å²) in [5.74, 6) is 0. The molecule has 3 rings (SSSR count). The molecular formula is C23H37N3O2. The van der Waals surface area contributed by atoms with Crippen molar-refractivity contribution in [2.45, 2.75) is 62.8 Å². The number of amides is 2. The predicted octanol–water partition coefficient (Wildman–Crippen LogP) is 3.69. The van der Waals surface area contributed by atoms with E-state index in [0.717, 1.165) is 51.6 Å². The standard InChI is InChI=1S/C23H37N3O2/c1-26(21-11-6-3-7-12-21)16-8-15-24-22(27)25-19-23(13-17-28-18-14-23)20-9-4-2-5-10-20/h2,4-5,9-10,21H,3,6-8,11-19H2,1H3,(H2,24,25,27). The van der Waals surface area contributed by atoms with E-state index in [4.69, 9.17) is 4.74 Å². The molecule has 1 aliphatic carbocycles. The van der Waals surface area contributed by atoms with Gasteiger partial charge in [-0.15, -0.1) is 0 Å². The molecule has 1 saturated heterocycles. The fourth-order valence-electron chi connectivity index (χ4n) is 4.67. The molecule has 1 saturated carbocycles. The van der Waals surface area contributed by atoms with Crippen molar-refractivity contribution in [3.63, 3.8) is 0 Å². The van der Waals surface area contributed by atoms with Crippen LogP contribution in [0.25, 0.3) is 0 Å². The summed E-state index contributed by atoms with van der Waals surface area (Å²) >= 11 is 0. The smallest absolute Gasteiger partial charge is 0.314 e. The largest absolute Gasteiger partial charge is 0.381 e. The topological polar surface area (TPSA) is 53.6 Å². The molecule has 0 unspecified atom stereocenters. The predicted molar refractivity (Wildman–Crippen MR) is 114 cm³/mol. The molecule has 1 aliphatic heterocycles. The van der Waals surface area contributed by atoms with Crippen molar-refractivity contribution in [3.8, 4) is 0 Å².